The van der Waals surface area contributed by atoms with Crippen molar-refractivity contribution in [1.29, 1.82) is 0 Å². The number of rotatable bonds is 3. The number of hydrogen-bond acceptors (Lipinski definition) is 3. The number of nitrogens with one attached hydrogen (secondary N) is 2. The van der Waals surface area contributed by atoms with Crippen LogP contribution in [-0.4, -0.2) is 16.1 Å². The molecule has 0 unspecified atom stereocenters. The van der Waals surface area contributed by atoms with Crippen LogP contribution >= 0.6 is 27.3 Å². The number of carbonyl (C=O) groups is 1. The molecule has 0 amide bonds. The quantitative estimate of drug-likeness (QED) is 0.662. The summed E-state index contributed by atoms with van der Waals surface area (Å²) in [6, 6.07) is 9.26. The second-order valence-corrected chi connectivity index (χ2v) is 5.81. The lowest BCUT2D eigenvalue weighted by atomic mass is 10.1. The fourth-order valence-corrected chi connectivity index (χ4v) is 3.28. The summed E-state index contributed by atoms with van der Waals surface area (Å²) in [5.74, 6) is -0.446. The lowest BCUT2D eigenvalue weighted by Gasteiger charge is -2.02. The molecule has 0 saturated heterocycles. The van der Waals surface area contributed by atoms with E-state index < -0.39 is 5.97 Å². The molecule has 0 radical (unpaired) electrons. The van der Waals surface area contributed by atoms with Gasteiger partial charge in [-0.1, -0.05) is 18.2 Å². The molecule has 3 N–H and O–H groups in total. The molecule has 0 atom stereocenters. The number of thiophene rings is 1. The van der Waals surface area contributed by atoms with Crippen LogP contribution in [0.5, 0.6) is 0 Å². The van der Waals surface area contributed by atoms with Crippen LogP contribution in [0.25, 0.3) is 10.9 Å². The first kappa shape index (κ1) is 12.3. The Morgan fingerprint density at radius 3 is 2.84 bits per heavy atom. The number of para-hydroxylation sites is 1. The van der Waals surface area contributed by atoms with E-state index in [1.807, 2.05) is 29.6 Å². The summed E-state index contributed by atoms with van der Waals surface area (Å²) in [6.07, 6.45) is 0. The topological polar surface area (TPSA) is 65.1 Å². The van der Waals surface area contributed by atoms with Crippen LogP contribution in [0.1, 0.15) is 10.4 Å². The Bertz CT molecular complexity index is 763. The third-order valence-electron chi connectivity index (χ3n) is 2.74. The number of H-pyrrole nitrogens is 1. The Kier molecular flexibility index (Phi) is 3.04. The third-order valence-corrected chi connectivity index (χ3v) is 4.34. The lowest BCUT2D eigenvalue weighted by Crippen LogP contribution is -2.00. The predicted molar refractivity (Wildman–Crippen MR) is 80.6 cm³/mol. The number of carboxylic acid groups (broad SMARTS) is 1. The average Bonchev–Trinajstić information content (AvgIpc) is 2.92. The largest absolute Gasteiger partial charge is 0.478 e. The molecule has 0 spiro atoms. The Balaban J connectivity index is 2.12. The SMILES string of the molecule is O=C(O)c1c(Nc2cc(Br)cs2)[nH]c2ccccc12. The van der Waals surface area contributed by atoms with E-state index in [9.17, 15) is 9.90 Å². The summed E-state index contributed by atoms with van der Waals surface area (Å²) in [4.78, 5) is 14.5. The molecule has 2 heterocycles. The lowest BCUT2D eigenvalue weighted by molar-refractivity contribution is 0.0700. The summed E-state index contributed by atoms with van der Waals surface area (Å²) < 4.78 is 0.966. The van der Waals surface area contributed by atoms with Crippen molar-refractivity contribution < 1.29 is 9.90 Å². The van der Waals surface area contributed by atoms with E-state index in [-0.39, 0.29) is 5.56 Å². The number of hydrogen-bond donors (Lipinski definition) is 3. The van der Waals surface area contributed by atoms with Crippen LogP contribution in [0.3, 0.4) is 0 Å². The van der Waals surface area contributed by atoms with Crippen LogP contribution < -0.4 is 5.32 Å². The van der Waals surface area contributed by atoms with Crippen LogP contribution in [0, 0.1) is 0 Å². The molecule has 0 fully saturated rings. The van der Waals surface area contributed by atoms with Crippen molar-refractivity contribution in [3.63, 3.8) is 0 Å². The van der Waals surface area contributed by atoms with Gasteiger partial charge in [0.25, 0.3) is 0 Å². The highest BCUT2D eigenvalue weighted by molar-refractivity contribution is 9.10. The number of aromatic carboxylic acids is 1. The summed E-state index contributed by atoms with van der Waals surface area (Å²) in [7, 11) is 0. The normalized spacial score (nSPS) is 10.8. The highest BCUT2D eigenvalue weighted by atomic mass is 79.9. The van der Waals surface area contributed by atoms with Crippen LogP contribution in [0.15, 0.2) is 40.2 Å². The van der Waals surface area contributed by atoms with Gasteiger partial charge in [0, 0.05) is 20.8 Å². The summed E-state index contributed by atoms with van der Waals surface area (Å²) in [6.45, 7) is 0. The van der Waals surface area contributed by atoms with E-state index in [1.54, 1.807) is 6.07 Å². The van der Waals surface area contributed by atoms with Crippen molar-refractivity contribution in [2.75, 3.05) is 5.32 Å². The van der Waals surface area contributed by atoms with Crippen molar-refractivity contribution in [2.24, 2.45) is 0 Å². The van der Waals surface area contributed by atoms with Gasteiger partial charge < -0.3 is 15.4 Å². The number of halogens is 1. The molecule has 19 heavy (non-hydrogen) atoms. The molecule has 0 aliphatic carbocycles. The molecule has 0 saturated carbocycles. The maximum absolute atomic E-state index is 11.4. The zero-order chi connectivity index (χ0) is 13.4. The van der Waals surface area contributed by atoms with Crippen molar-refractivity contribution in [3.8, 4) is 0 Å². The van der Waals surface area contributed by atoms with Gasteiger partial charge in [0.2, 0.25) is 0 Å². The zero-order valence-electron chi connectivity index (χ0n) is 9.61. The highest BCUT2D eigenvalue weighted by Gasteiger charge is 2.17. The van der Waals surface area contributed by atoms with E-state index in [1.165, 1.54) is 11.3 Å². The molecule has 6 heteroatoms. The van der Waals surface area contributed by atoms with Crippen LogP contribution in [0.2, 0.25) is 0 Å². The molecular weight excluding hydrogens is 328 g/mol. The first-order valence-electron chi connectivity index (χ1n) is 5.50. The zero-order valence-corrected chi connectivity index (χ0v) is 12.0. The van der Waals surface area contributed by atoms with Crippen molar-refractivity contribution >= 4 is 55.0 Å². The van der Waals surface area contributed by atoms with Gasteiger partial charge in [0.15, 0.2) is 0 Å². The molecule has 0 aliphatic heterocycles. The van der Waals surface area contributed by atoms with Crippen molar-refractivity contribution in [2.45, 2.75) is 0 Å². The minimum absolute atomic E-state index is 0.264. The van der Waals surface area contributed by atoms with Crippen LogP contribution in [-0.2, 0) is 0 Å². The van der Waals surface area contributed by atoms with Gasteiger partial charge in [-0.05, 0) is 28.1 Å². The Labute approximate surface area is 121 Å². The van der Waals surface area contributed by atoms with Gasteiger partial charge in [-0.2, -0.15) is 0 Å². The molecule has 3 aromatic rings. The van der Waals surface area contributed by atoms with Crippen molar-refractivity contribution in [1.82, 2.24) is 4.98 Å². The van der Waals surface area contributed by atoms with E-state index in [0.717, 1.165) is 15.0 Å². The maximum Gasteiger partial charge on any atom is 0.340 e. The molecule has 0 bridgehead atoms. The molecule has 3 rings (SSSR count). The smallest absolute Gasteiger partial charge is 0.340 e. The van der Waals surface area contributed by atoms with Gasteiger partial charge in [-0.25, -0.2) is 4.79 Å². The maximum atomic E-state index is 11.4. The molecule has 0 aliphatic rings. The minimum atomic E-state index is -0.949. The Morgan fingerprint density at radius 1 is 1.37 bits per heavy atom. The van der Waals surface area contributed by atoms with E-state index in [0.29, 0.717) is 11.2 Å². The number of anilines is 2. The molecular formula is C13H9BrN2O2S. The number of aromatic nitrogens is 1. The summed E-state index contributed by atoms with van der Waals surface area (Å²) in [5, 5.41) is 16.0. The molecule has 1 aromatic carbocycles. The average molecular weight is 337 g/mol. The van der Waals surface area contributed by atoms with Gasteiger partial charge in [0.1, 0.15) is 11.4 Å². The number of benzene rings is 1. The second kappa shape index (κ2) is 4.71. The van der Waals surface area contributed by atoms with E-state index in [2.05, 4.69) is 26.2 Å². The van der Waals surface area contributed by atoms with E-state index >= 15 is 0 Å². The Hall–Kier alpha value is -1.79. The summed E-state index contributed by atoms with van der Waals surface area (Å²) in [5.41, 5.74) is 1.07. The number of fused-ring (bicyclic) bond motifs is 1. The first-order chi connectivity index (χ1) is 9.15. The highest BCUT2D eigenvalue weighted by Crippen LogP contribution is 2.32. The molecule has 96 valence electrons. The van der Waals surface area contributed by atoms with Gasteiger partial charge in [0.05, 0.1) is 5.00 Å². The first-order valence-corrected chi connectivity index (χ1v) is 7.17. The fourth-order valence-electron chi connectivity index (χ4n) is 1.96. The van der Waals surface area contributed by atoms with Gasteiger partial charge in [-0.15, -0.1) is 11.3 Å². The molecule has 4 nitrogen and oxygen atoms in total. The minimum Gasteiger partial charge on any atom is -0.478 e. The monoisotopic (exact) mass is 336 g/mol. The molecule has 2 aromatic heterocycles. The van der Waals surface area contributed by atoms with Crippen molar-refractivity contribution in [3.05, 3.63) is 45.7 Å². The summed E-state index contributed by atoms with van der Waals surface area (Å²) >= 11 is 4.88. The van der Waals surface area contributed by atoms with Gasteiger partial charge in [-0.3, -0.25) is 0 Å². The number of aromatic amines is 1. The third kappa shape index (κ3) is 2.24. The van der Waals surface area contributed by atoms with Gasteiger partial charge >= 0.3 is 5.97 Å². The number of carboxylic acids is 1. The van der Waals surface area contributed by atoms with E-state index in [4.69, 9.17) is 0 Å². The van der Waals surface area contributed by atoms with Crippen LogP contribution in [0.4, 0.5) is 10.8 Å². The second-order valence-electron chi connectivity index (χ2n) is 3.98. The Morgan fingerprint density at radius 2 is 2.16 bits per heavy atom. The fraction of sp³-hybridized carbons (Fsp3) is 0. The standard InChI is InChI=1S/C13H9BrN2O2S/c14-7-5-10(19-6-7)16-12-11(13(17)18)8-3-1-2-4-9(8)15-12/h1-6,15-16H,(H,17,18). The predicted octanol–water partition coefficient (Wildman–Crippen LogP) is 4.43.